The SMILES string of the molecule is CC1(c2ccccc2)CN(c2ccc3cc(C#N)ccc3n2)CCO1. The fourth-order valence-corrected chi connectivity index (χ4v) is 3.39. The predicted octanol–water partition coefficient (Wildman–Crippen LogP) is 3.86. The molecule has 1 aromatic heterocycles. The third-order valence-electron chi connectivity index (χ3n) is 4.79. The van der Waals surface area contributed by atoms with Crippen molar-refractivity contribution in [3.8, 4) is 6.07 Å². The van der Waals surface area contributed by atoms with E-state index in [1.54, 1.807) is 0 Å². The van der Waals surface area contributed by atoms with Gasteiger partial charge in [-0.05, 0) is 42.8 Å². The van der Waals surface area contributed by atoms with Crippen LogP contribution in [0.5, 0.6) is 0 Å². The van der Waals surface area contributed by atoms with Crippen LogP contribution in [0.2, 0.25) is 0 Å². The quantitative estimate of drug-likeness (QED) is 0.716. The Morgan fingerprint density at radius 1 is 1.12 bits per heavy atom. The Bertz CT molecular complexity index is 948. The van der Waals surface area contributed by atoms with Crippen LogP contribution in [-0.2, 0) is 10.3 Å². The number of pyridine rings is 1. The molecule has 0 saturated carbocycles. The molecule has 2 aromatic carbocycles. The van der Waals surface area contributed by atoms with Crippen molar-refractivity contribution in [3.63, 3.8) is 0 Å². The van der Waals surface area contributed by atoms with E-state index >= 15 is 0 Å². The molecule has 0 N–H and O–H groups in total. The highest BCUT2D eigenvalue weighted by molar-refractivity contribution is 5.81. The molecule has 4 nitrogen and oxygen atoms in total. The van der Waals surface area contributed by atoms with Crippen molar-refractivity contribution in [2.24, 2.45) is 0 Å². The molecule has 4 rings (SSSR count). The van der Waals surface area contributed by atoms with Crippen LogP contribution in [0.15, 0.2) is 60.7 Å². The number of morpholine rings is 1. The van der Waals surface area contributed by atoms with E-state index < -0.39 is 0 Å². The average molecular weight is 329 g/mol. The van der Waals surface area contributed by atoms with Crippen LogP contribution in [-0.4, -0.2) is 24.7 Å². The summed E-state index contributed by atoms with van der Waals surface area (Å²) in [5, 5.41) is 10.0. The minimum Gasteiger partial charge on any atom is -0.367 e. The van der Waals surface area contributed by atoms with Gasteiger partial charge in [0.25, 0.3) is 0 Å². The summed E-state index contributed by atoms with van der Waals surface area (Å²) in [6.07, 6.45) is 0. The number of anilines is 1. The number of rotatable bonds is 2. The molecular weight excluding hydrogens is 310 g/mol. The lowest BCUT2D eigenvalue weighted by molar-refractivity contribution is -0.0467. The van der Waals surface area contributed by atoms with Gasteiger partial charge in [0.15, 0.2) is 0 Å². The fraction of sp³-hybridized carbons (Fsp3) is 0.238. The molecule has 1 atom stereocenters. The van der Waals surface area contributed by atoms with E-state index in [1.807, 2.05) is 48.5 Å². The highest BCUT2D eigenvalue weighted by Gasteiger charge is 2.34. The Hall–Kier alpha value is -2.90. The smallest absolute Gasteiger partial charge is 0.129 e. The predicted molar refractivity (Wildman–Crippen MR) is 98.4 cm³/mol. The molecule has 1 fully saturated rings. The van der Waals surface area contributed by atoms with Crippen molar-refractivity contribution < 1.29 is 4.74 Å². The molecule has 1 aliphatic heterocycles. The number of benzene rings is 2. The molecular formula is C21H19N3O. The number of nitrogens with zero attached hydrogens (tertiary/aromatic N) is 3. The number of fused-ring (bicyclic) bond motifs is 1. The average Bonchev–Trinajstić information content (AvgIpc) is 2.68. The molecule has 0 bridgehead atoms. The largest absolute Gasteiger partial charge is 0.367 e. The number of hydrogen-bond donors (Lipinski definition) is 0. The van der Waals surface area contributed by atoms with Gasteiger partial charge in [0.1, 0.15) is 11.4 Å². The number of aromatic nitrogens is 1. The zero-order valence-corrected chi connectivity index (χ0v) is 14.1. The first-order valence-corrected chi connectivity index (χ1v) is 8.43. The number of nitriles is 1. The monoisotopic (exact) mass is 329 g/mol. The van der Waals surface area contributed by atoms with E-state index in [0.717, 1.165) is 29.8 Å². The van der Waals surface area contributed by atoms with Crippen LogP contribution in [0.4, 0.5) is 5.82 Å². The summed E-state index contributed by atoms with van der Waals surface area (Å²) in [6.45, 7) is 4.37. The second kappa shape index (κ2) is 6.19. The van der Waals surface area contributed by atoms with Gasteiger partial charge in [-0.1, -0.05) is 30.3 Å². The zero-order chi connectivity index (χ0) is 17.3. The van der Waals surface area contributed by atoms with Gasteiger partial charge in [-0.15, -0.1) is 0 Å². The first-order chi connectivity index (χ1) is 12.2. The van der Waals surface area contributed by atoms with Crippen LogP contribution in [0.25, 0.3) is 10.9 Å². The zero-order valence-electron chi connectivity index (χ0n) is 14.1. The Kier molecular flexibility index (Phi) is 3.87. The number of hydrogen-bond acceptors (Lipinski definition) is 4. The molecule has 0 radical (unpaired) electrons. The van der Waals surface area contributed by atoms with E-state index in [9.17, 15) is 0 Å². The van der Waals surface area contributed by atoms with E-state index in [-0.39, 0.29) is 5.60 Å². The second-order valence-electron chi connectivity index (χ2n) is 6.56. The topological polar surface area (TPSA) is 49.2 Å². The molecule has 0 aliphatic carbocycles. The first-order valence-electron chi connectivity index (χ1n) is 8.43. The van der Waals surface area contributed by atoms with Crippen molar-refractivity contribution in [2.45, 2.75) is 12.5 Å². The molecule has 0 spiro atoms. The summed E-state index contributed by atoms with van der Waals surface area (Å²) in [7, 11) is 0. The van der Waals surface area contributed by atoms with Gasteiger partial charge in [0.2, 0.25) is 0 Å². The Morgan fingerprint density at radius 2 is 1.96 bits per heavy atom. The maximum Gasteiger partial charge on any atom is 0.129 e. The van der Waals surface area contributed by atoms with E-state index in [1.165, 1.54) is 5.56 Å². The Balaban J connectivity index is 1.65. The maximum atomic E-state index is 9.03. The molecule has 25 heavy (non-hydrogen) atoms. The highest BCUT2D eigenvalue weighted by atomic mass is 16.5. The normalized spacial score (nSPS) is 20.4. The van der Waals surface area contributed by atoms with E-state index in [2.05, 4.69) is 30.0 Å². The van der Waals surface area contributed by atoms with Crippen LogP contribution in [0.3, 0.4) is 0 Å². The lowest BCUT2D eigenvalue weighted by Gasteiger charge is -2.41. The van der Waals surface area contributed by atoms with Gasteiger partial charge in [-0.25, -0.2) is 4.98 Å². The van der Waals surface area contributed by atoms with E-state index in [4.69, 9.17) is 15.0 Å². The molecule has 1 saturated heterocycles. The Labute approximate surface area is 147 Å². The standard InChI is InChI=1S/C21H19N3O/c1-21(18-5-3-2-4-6-18)15-24(11-12-25-21)20-10-8-17-13-16(14-22)7-9-19(17)23-20/h2-10,13H,11-12,15H2,1H3. The highest BCUT2D eigenvalue weighted by Crippen LogP contribution is 2.31. The summed E-state index contributed by atoms with van der Waals surface area (Å²) in [6, 6.07) is 22.2. The van der Waals surface area contributed by atoms with Crippen molar-refractivity contribution in [1.29, 1.82) is 5.26 Å². The third kappa shape index (κ3) is 2.95. The maximum absolute atomic E-state index is 9.03. The van der Waals surface area contributed by atoms with Gasteiger partial charge in [-0.2, -0.15) is 5.26 Å². The van der Waals surface area contributed by atoms with Gasteiger partial charge in [-0.3, -0.25) is 0 Å². The summed E-state index contributed by atoms with van der Waals surface area (Å²) < 4.78 is 6.12. The lowest BCUT2D eigenvalue weighted by Crippen LogP contribution is -2.48. The van der Waals surface area contributed by atoms with Gasteiger partial charge < -0.3 is 9.64 Å². The summed E-state index contributed by atoms with van der Waals surface area (Å²) in [5.74, 6) is 0.947. The third-order valence-corrected chi connectivity index (χ3v) is 4.79. The summed E-state index contributed by atoms with van der Waals surface area (Å²) >= 11 is 0. The molecule has 3 aromatic rings. The minimum atomic E-state index is -0.346. The van der Waals surface area contributed by atoms with Crippen molar-refractivity contribution >= 4 is 16.7 Å². The lowest BCUT2D eigenvalue weighted by atomic mass is 9.94. The molecule has 1 unspecified atom stereocenters. The van der Waals surface area contributed by atoms with Crippen LogP contribution < -0.4 is 4.90 Å². The van der Waals surface area contributed by atoms with Crippen LogP contribution in [0, 0.1) is 11.3 Å². The molecule has 124 valence electrons. The van der Waals surface area contributed by atoms with Gasteiger partial charge >= 0.3 is 0 Å². The van der Waals surface area contributed by atoms with Gasteiger partial charge in [0, 0.05) is 11.9 Å². The summed E-state index contributed by atoms with van der Waals surface area (Å²) in [5.41, 5.74) is 2.40. The van der Waals surface area contributed by atoms with Crippen molar-refractivity contribution in [3.05, 3.63) is 71.8 Å². The fourth-order valence-electron chi connectivity index (χ4n) is 3.39. The van der Waals surface area contributed by atoms with Crippen LogP contribution in [0.1, 0.15) is 18.1 Å². The molecule has 0 amide bonds. The van der Waals surface area contributed by atoms with Gasteiger partial charge in [0.05, 0.1) is 30.3 Å². The molecule has 4 heteroatoms. The van der Waals surface area contributed by atoms with Crippen molar-refractivity contribution in [2.75, 3.05) is 24.6 Å². The summed E-state index contributed by atoms with van der Waals surface area (Å²) in [4.78, 5) is 7.07. The Morgan fingerprint density at radius 3 is 2.76 bits per heavy atom. The minimum absolute atomic E-state index is 0.346. The number of ether oxygens (including phenoxy) is 1. The van der Waals surface area contributed by atoms with Crippen LogP contribution >= 0.6 is 0 Å². The second-order valence-corrected chi connectivity index (χ2v) is 6.56. The van der Waals surface area contributed by atoms with E-state index in [0.29, 0.717) is 12.2 Å². The van der Waals surface area contributed by atoms with Crippen molar-refractivity contribution in [1.82, 2.24) is 4.98 Å². The first kappa shape index (κ1) is 15.6. The molecule has 2 heterocycles. The molecule has 1 aliphatic rings.